The van der Waals surface area contributed by atoms with Crippen LogP contribution in [0, 0.1) is 6.92 Å². The number of rotatable bonds is 0. The van der Waals surface area contributed by atoms with Crippen LogP contribution in [-0.4, -0.2) is 0 Å². The van der Waals surface area contributed by atoms with Crippen LogP contribution in [0.2, 0.25) is 0 Å². The molecule has 0 radical (unpaired) electrons. The molecule has 0 saturated heterocycles. The number of fused-ring (bicyclic) bond motifs is 5. The second kappa shape index (κ2) is 3.84. The molecule has 1 aliphatic carbocycles. The molecule has 0 aromatic heterocycles. The van der Waals surface area contributed by atoms with Gasteiger partial charge in [0.25, 0.3) is 0 Å². The Bertz CT molecular complexity index is 796. The molecule has 4 rings (SSSR count). The number of hydrogen-bond acceptors (Lipinski definition) is 0. The average Bonchev–Trinajstić information content (AvgIpc) is 2.80. The molecule has 0 aliphatic heterocycles. The van der Waals surface area contributed by atoms with E-state index in [9.17, 15) is 0 Å². The molecule has 0 saturated carbocycles. The Morgan fingerprint density at radius 1 is 1.00 bits per heavy atom. The molecule has 1 aliphatic rings. The van der Waals surface area contributed by atoms with Crippen LogP contribution in [0.4, 0.5) is 0 Å². The Morgan fingerprint density at radius 2 is 1.84 bits per heavy atom. The minimum absolute atomic E-state index is 0.726. The average molecular weight is 246 g/mol. The van der Waals surface area contributed by atoms with Crippen molar-refractivity contribution in [3.63, 3.8) is 0 Å². The fraction of sp³-hybridized carbons (Fsp3) is 0.263. The van der Waals surface area contributed by atoms with Gasteiger partial charge in [0.1, 0.15) is 0 Å². The van der Waals surface area contributed by atoms with Crippen LogP contribution in [0.1, 0.15) is 36.0 Å². The third-order valence-corrected chi connectivity index (χ3v) is 4.73. The van der Waals surface area contributed by atoms with Crippen molar-refractivity contribution in [3.8, 4) is 0 Å². The van der Waals surface area contributed by atoms with Crippen molar-refractivity contribution in [1.82, 2.24) is 0 Å². The Kier molecular flexibility index (Phi) is 2.23. The minimum Gasteiger partial charge on any atom is -0.0616 e. The van der Waals surface area contributed by atoms with Gasteiger partial charge in [-0.15, -0.1) is 0 Å². The van der Waals surface area contributed by atoms with E-state index in [0.29, 0.717) is 0 Å². The van der Waals surface area contributed by atoms with Crippen LogP contribution in [0.15, 0.2) is 42.5 Å². The number of aryl methyl sites for hydroxylation is 2. The van der Waals surface area contributed by atoms with Crippen molar-refractivity contribution in [1.29, 1.82) is 0 Å². The van der Waals surface area contributed by atoms with Crippen molar-refractivity contribution in [2.45, 2.75) is 32.6 Å². The van der Waals surface area contributed by atoms with Crippen LogP contribution < -0.4 is 0 Å². The Labute approximate surface area is 114 Å². The quantitative estimate of drug-likeness (QED) is 0.469. The molecular weight excluding hydrogens is 228 g/mol. The van der Waals surface area contributed by atoms with Crippen molar-refractivity contribution >= 4 is 21.5 Å². The molecule has 0 heterocycles. The van der Waals surface area contributed by atoms with Gasteiger partial charge in [-0.1, -0.05) is 49.4 Å². The van der Waals surface area contributed by atoms with Gasteiger partial charge >= 0.3 is 0 Å². The van der Waals surface area contributed by atoms with Crippen molar-refractivity contribution in [2.75, 3.05) is 0 Å². The van der Waals surface area contributed by atoms with Crippen molar-refractivity contribution < 1.29 is 0 Å². The molecule has 0 N–H and O–H groups in total. The highest BCUT2D eigenvalue weighted by molar-refractivity contribution is 6.10. The SMILES string of the molecule is Cc1cc2c(c3ccc4ccccc4c13)CCC2C. The third kappa shape index (κ3) is 1.46. The fourth-order valence-corrected chi connectivity index (χ4v) is 3.73. The summed E-state index contributed by atoms with van der Waals surface area (Å²) >= 11 is 0. The fourth-order valence-electron chi connectivity index (χ4n) is 3.73. The van der Waals surface area contributed by atoms with Crippen LogP contribution in [0.3, 0.4) is 0 Å². The second-order valence-electron chi connectivity index (χ2n) is 5.91. The van der Waals surface area contributed by atoms with E-state index in [2.05, 4.69) is 56.3 Å². The molecule has 0 amide bonds. The van der Waals surface area contributed by atoms with Crippen LogP contribution in [0.25, 0.3) is 21.5 Å². The summed E-state index contributed by atoms with van der Waals surface area (Å²) in [5.41, 5.74) is 4.61. The van der Waals surface area contributed by atoms with E-state index >= 15 is 0 Å². The maximum atomic E-state index is 2.43. The molecule has 94 valence electrons. The Morgan fingerprint density at radius 3 is 2.74 bits per heavy atom. The molecule has 19 heavy (non-hydrogen) atoms. The van der Waals surface area contributed by atoms with Gasteiger partial charge < -0.3 is 0 Å². The predicted octanol–water partition coefficient (Wildman–Crippen LogP) is 5.35. The summed E-state index contributed by atoms with van der Waals surface area (Å²) in [6, 6.07) is 15.8. The van der Waals surface area contributed by atoms with Gasteiger partial charge in [-0.3, -0.25) is 0 Å². The highest BCUT2D eigenvalue weighted by Crippen LogP contribution is 2.40. The van der Waals surface area contributed by atoms with Crippen molar-refractivity contribution in [2.24, 2.45) is 0 Å². The summed E-state index contributed by atoms with van der Waals surface area (Å²) in [6.45, 7) is 4.62. The molecule has 0 spiro atoms. The summed E-state index contributed by atoms with van der Waals surface area (Å²) in [6.07, 6.45) is 2.55. The molecule has 1 unspecified atom stereocenters. The van der Waals surface area contributed by atoms with Gasteiger partial charge in [0.2, 0.25) is 0 Å². The highest BCUT2D eigenvalue weighted by Gasteiger charge is 2.22. The maximum Gasteiger partial charge on any atom is -0.00731 e. The first kappa shape index (κ1) is 11.0. The summed E-state index contributed by atoms with van der Waals surface area (Å²) in [7, 11) is 0. The molecule has 0 bridgehead atoms. The summed E-state index contributed by atoms with van der Waals surface area (Å²) in [4.78, 5) is 0. The smallest absolute Gasteiger partial charge is 0.00731 e. The molecule has 0 nitrogen and oxygen atoms in total. The van der Waals surface area contributed by atoms with E-state index in [1.54, 1.807) is 11.1 Å². The molecule has 3 aromatic carbocycles. The van der Waals surface area contributed by atoms with E-state index in [0.717, 1.165) is 5.92 Å². The lowest BCUT2D eigenvalue weighted by Gasteiger charge is -2.13. The zero-order valence-electron chi connectivity index (χ0n) is 11.5. The number of benzene rings is 3. The summed E-state index contributed by atoms with van der Waals surface area (Å²) < 4.78 is 0. The summed E-state index contributed by atoms with van der Waals surface area (Å²) in [5.74, 6) is 0.726. The van der Waals surface area contributed by atoms with Crippen molar-refractivity contribution in [3.05, 3.63) is 59.2 Å². The lowest BCUT2D eigenvalue weighted by molar-refractivity contribution is 0.747. The van der Waals surface area contributed by atoms with Gasteiger partial charge in [-0.2, -0.15) is 0 Å². The Balaban J connectivity index is 2.22. The number of hydrogen-bond donors (Lipinski definition) is 0. The normalized spacial score (nSPS) is 18.1. The van der Waals surface area contributed by atoms with Gasteiger partial charge in [0.15, 0.2) is 0 Å². The van der Waals surface area contributed by atoms with Gasteiger partial charge in [0, 0.05) is 0 Å². The topological polar surface area (TPSA) is 0 Å². The second-order valence-corrected chi connectivity index (χ2v) is 5.91. The molecule has 0 heteroatoms. The van der Waals surface area contributed by atoms with Crippen LogP contribution in [-0.2, 0) is 6.42 Å². The van der Waals surface area contributed by atoms with E-state index in [-0.39, 0.29) is 0 Å². The molecule has 1 atom stereocenters. The first-order valence-corrected chi connectivity index (χ1v) is 7.19. The zero-order valence-corrected chi connectivity index (χ0v) is 11.5. The molecule has 3 aromatic rings. The largest absolute Gasteiger partial charge is 0.0616 e. The highest BCUT2D eigenvalue weighted by atomic mass is 14.3. The van der Waals surface area contributed by atoms with Gasteiger partial charge in [-0.05, 0) is 63.9 Å². The lowest BCUT2D eigenvalue weighted by Crippen LogP contribution is -1.92. The lowest BCUT2D eigenvalue weighted by atomic mass is 9.91. The Hall–Kier alpha value is -1.82. The van der Waals surface area contributed by atoms with Crippen LogP contribution in [0.5, 0.6) is 0 Å². The van der Waals surface area contributed by atoms with Gasteiger partial charge in [-0.25, -0.2) is 0 Å². The first-order valence-electron chi connectivity index (χ1n) is 7.19. The first-order chi connectivity index (χ1) is 9.25. The van der Waals surface area contributed by atoms with Crippen LogP contribution >= 0.6 is 0 Å². The molecular formula is C19H18. The standard InChI is InChI=1S/C19H18/c1-12-7-9-16-17-10-8-14-5-3-4-6-15(14)19(17)13(2)11-18(12)16/h3-6,8,10-12H,7,9H2,1-2H3. The van der Waals surface area contributed by atoms with Gasteiger partial charge in [0.05, 0.1) is 0 Å². The zero-order chi connectivity index (χ0) is 13.0. The van der Waals surface area contributed by atoms with E-state index < -0.39 is 0 Å². The van der Waals surface area contributed by atoms with E-state index in [4.69, 9.17) is 0 Å². The molecule has 0 fully saturated rings. The maximum absolute atomic E-state index is 2.43. The predicted molar refractivity (Wildman–Crippen MR) is 82.9 cm³/mol. The monoisotopic (exact) mass is 246 g/mol. The summed E-state index contributed by atoms with van der Waals surface area (Å²) in [5, 5.41) is 5.70. The minimum atomic E-state index is 0.726. The van der Waals surface area contributed by atoms with E-state index in [1.807, 2.05) is 0 Å². The third-order valence-electron chi connectivity index (χ3n) is 4.73. The van der Waals surface area contributed by atoms with E-state index in [1.165, 1.54) is 39.9 Å².